The molecular weight excluding hydrogens is 224 g/mol. The van der Waals surface area contributed by atoms with Crippen LogP contribution in [0.25, 0.3) is 0 Å². The topological polar surface area (TPSA) is 38.5 Å². The second-order valence-corrected chi connectivity index (χ2v) is 5.63. The highest BCUT2D eigenvalue weighted by atomic mass is 16.5. The molecule has 2 heterocycles. The van der Waals surface area contributed by atoms with E-state index in [1.54, 1.807) is 7.11 Å². The van der Waals surface area contributed by atoms with Crippen LogP contribution in [0.1, 0.15) is 31.2 Å². The lowest BCUT2D eigenvalue weighted by atomic mass is 9.97. The minimum absolute atomic E-state index is 0.404. The highest BCUT2D eigenvalue weighted by molar-refractivity contribution is 5.52. The Labute approximate surface area is 109 Å². The van der Waals surface area contributed by atoms with Crippen LogP contribution >= 0.6 is 0 Å². The summed E-state index contributed by atoms with van der Waals surface area (Å²) >= 11 is 0. The van der Waals surface area contributed by atoms with Gasteiger partial charge in [-0.25, -0.2) is 0 Å². The first kappa shape index (κ1) is 12.0. The van der Waals surface area contributed by atoms with Gasteiger partial charge in [0.15, 0.2) is 0 Å². The van der Waals surface area contributed by atoms with Gasteiger partial charge in [-0.15, -0.1) is 0 Å². The predicted molar refractivity (Wildman–Crippen MR) is 73.7 cm³/mol. The van der Waals surface area contributed by atoms with E-state index < -0.39 is 0 Å². The first-order valence-electron chi connectivity index (χ1n) is 6.89. The van der Waals surface area contributed by atoms with E-state index in [-0.39, 0.29) is 0 Å². The van der Waals surface area contributed by atoms with Crippen molar-refractivity contribution in [3.05, 3.63) is 29.8 Å². The molecule has 2 aliphatic heterocycles. The second-order valence-electron chi connectivity index (χ2n) is 5.63. The Morgan fingerprint density at radius 2 is 2.00 bits per heavy atom. The zero-order chi connectivity index (χ0) is 12.5. The van der Waals surface area contributed by atoms with Crippen LogP contribution in [0.4, 0.5) is 5.69 Å². The van der Waals surface area contributed by atoms with Gasteiger partial charge in [-0.2, -0.15) is 0 Å². The molecule has 0 radical (unpaired) electrons. The molecule has 0 spiro atoms. The fourth-order valence-electron chi connectivity index (χ4n) is 3.61. The van der Waals surface area contributed by atoms with Crippen LogP contribution in [0.5, 0.6) is 0 Å². The molecule has 2 N–H and O–H groups in total. The van der Waals surface area contributed by atoms with Gasteiger partial charge in [0.25, 0.3) is 0 Å². The van der Waals surface area contributed by atoms with Crippen molar-refractivity contribution >= 4 is 5.69 Å². The summed E-state index contributed by atoms with van der Waals surface area (Å²) in [4.78, 5) is 2.60. The molecule has 1 aromatic rings. The quantitative estimate of drug-likeness (QED) is 0.889. The van der Waals surface area contributed by atoms with Gasteiger partial charge in [-0.05, 0) is 43.4 Å². The third-order valence-corrected chi connectivity index (χ3v) is 4.29. The number of hydrogen-bond acceptors (Lipinski definition) is 3. The molecule has 2 fully saturated rings. The van der Waals surface area contributed by atoms with Crippen molar-refractivity contribution in [2.24, 2.45) is 5.73 Å². The minimum atomic E-state index is 0.404. The molecule has 3 heteroatoms. The normalized spacial score (nSPS) is 30.8. The molecule has 0 amide bonds. The molecule has 3 rings (SSSR count). The van der Waals surface area contributed by atoms with Crippen molar-refractivity contribution in [1.29, 1.82) is 0 Å². The van der Waals surface area contributed by atoms with Gasteiger partial charge in [-0.3, -0.25) is 0 Å². The number of methoxy groups -OCH3 is 1. The minimum Gasteiger partial charge on any atom is -0.380 e. The van der Waals surface area contributed by atoms with Crippen LogP contribution in [-0.2, 0) is 11.3 Å². The summed E-state index contributed by atoms with van der Waals surface area (Å²) in [6.07, 6.45) is 4.88. The number of benzene rings is 1. The molecule has 0 saturated carbocycles. The molecule has 1 aromatic carbocycles. The van der Waals surface area contributed by atoms with Crippen LogP contribution in [0.2, 0.25) is 0 Å². The summed E-state index contributed by atoms with van der Waals surface area (Å²) in [6.45, 7) is 0.691. The Hall–Kier alpha value is -1.06. The Morgan fingerprint density at radius 1 is 1.28 bits per heavy atom. The molecule has 98 valence electrons. The number of anilines is 1. The Bertz CT molecular complexity index is 407. The van der Waals surface area contributed by atoms with Crippen LogP contribution in [-0.4, -0.2) is 25.2 Å². The predicted octanol–water partition coefficient (Wildman–Crippen LogP) is 2.29. The molecule has 2 aliphatic rings. The number of nitrogens with two attached hydrogens (primary N) is 1. The van der Waals surface area contributed by atoms with Crippen molar-refractivity contribution in [2.75, 3.05) is 12.0 Å². The standard InChI is InChI=1S/C15H22N2O/c1-18-10-11-3-2-4-13(7-11)17-14-5-6-15(17)9-12(16)8-14/h2-4,7,12,14-15H,5-6,8-10,16H2,1H3. The average molecular weight is 246 g/mol. The summed E-state index contributed by atoms with van der Waals surface area (Å²) in [5.74, 6) is 0. The first-order chi connectivity index (χ1) is 8.78. The number of hydrogen-bond donors (Lipinski definition) is 1. The molecule has 3 nitrogen and oxygen atoms in total. The van der Waals surface area contributed by atoms with Crippen LogP contribution in [0.3, 0.4) is 0 Å². The molecule has 0 aliphatic carbocycles. The van der Waals surface area contributed by atoms with Crippen molar-refractivity contribution in [3.8, 4) is 0 Å². The van der Waals surface area contributed by atoms with Crippen molar-refractivity contribution in [2.45, 2.75) is 50.4 Å². The van der Waals surface area contributed by atoms with E-state index >= 15 is 0 Å². The largest absolute Gasteiger partial charge is 0.380 e. The van der Waals surface area contributed by atoms with Crippen LogP contribution < -0.4 is 10.6 Å². The van der Waals surface area contributed by atoms with Crippen molar-refractivity contribution in [1.82, 2.24) is 0 Å². The Balaban J connectivity index is 1.84. The Kier molecular flexibility index (Phi) is 3.27. The lowest BCUT2D eigenvalue weighted by Crippen LogP contribution is -2.47. The van der Waals surface area contributed by atoms with Crippen molar-refractivity contribution in [3.63, 3.8) is 0 Å². The van der Waals surface area contributed by atoms with Crippen LogP contribution in [0.15, 0.2) is 24.3 Å². The first-order valence-corrected chi connectivity index (χ1v) is 6.89. The second kappa shape index (κ2) is 4.90. The summed E-state index contributed by atoms with van der Waals surface area (Å²) in [5, 5.41) is 0. The number of nitrogens with zero attached hydrogens (tertiary/aromatic N) is 1. The lowest BCUT2D eigenvalue weighted by molar-refractivity contribution is 0.185. The van der Waals surface area contributed by atoms with E-state index in [1.165, 1.54) is 24.1 Å². The number of piperidine rings is 1. The zero-order valence-corrected chi connectivity index (χ0v) is 11.0. The maximum atomic E-state index is 6.13. The Morgan fingerprint density at radius 3 is 2.67 bits per heavy atom. The number of fused-ring (bicyclic) bond motifs is 2. The number of ether oxygens (including phenoxy) is 1. The van der Waals surface area contributed by atoms with E-state index in [2.05, 4.69) is 29.2 Å². The molecule has 2 atom stereocenters. The van der Waals surface area contributed by atoms with E-state index in [1.807, 2.05) is 0 Å². The summed E-state index contributed by atoms with van der Waals surface area (Å²) in [6, 6.07) is 10.5. The highest BCUT2D eigenvalue weighted by Gasteiger charge is 2.39. The molecule has 18 heavy (non-hydrogen) atoms. The van der Waals surface area contributed by atoms with E-state index in [0.29, 0.717) is 24.7 Å². The smallest absolute Gasteiger partial charge is 0.0713 e. The van der Waals surface area contributed by atoms with Gasteiger partial charge in [0.1, 0.15) is 0 Å². The summed E-state index contributed by atoms with van der Waals surface area (Å²) in [7, 11) is 1.75. The lowest BCUT2D eigenvalue weighted by Gasteiger charge is -2.39. The maximum Gasteiger partial charge on any atom is 0.0713 e. The zero-order valence-electron chi connectivity index (χ0n) is 11.0. The fraction of sp³-hybridized carbons (Fsp3) is 0.600. The monoisotopic (exact) mass is 246 g/mol. The van der Waals surface area contributed by atoms with Crippen LogP contribution in [0, 0.1) is 0 Å². The fourth-order valence-corrected chi connectivity index (χ4v) is 3.61. The summed E-state index contributed by atoms with van der Waals surface area (Å²) in [5.41, 5.74) is 8.73. The number of rotatable bonds is 3. The third kappa shape index (κ3) is 2.13. The van der Waals surface area contributed by atoms with Gasteiger partial charge < -0.3 is 15.4 Å². The van der Waals surface area contributed by atoms with Crippen molar-refractivity contribution < 1.29 is 4.74 Å². The van der Waals surface area contributed by atoms with Gasteiger partial charge in [0.2, 0.25) is 0 Å². The van der Waals surface area contributed by atoms with E-state index in [0.717, 1.165) is 12.8 Å². The van der Waals surface area contributed by atoms with Gasteiger partial charge in [-0.1, -0.05) is 12.1 Å². The molecule has 2 bridgehead atoms. The highest BCUT2D eigenvalue weighted by Crippen LogP contribution is 2.38. The molecule has 2 saturated heterocycles. The SMILES string of the molecule is COCc1cccc(N2C3CCC2CC(N)C3)c1. The molecular formula is C15H22N2O. The maximum absolute atomic E-state index is 6.13. The third-order valence-electron chi connectivity index (χ3n) is 4.29. The average Bonchev–Trinajstić information content (AvgIpc) is 2.63. The summed E-state index contributed by atoms with van der Waals surface area (Å²) < 4.78 is 5.22. The van der Waals surface area contributed by atoms with E-state index in [4.69, 9.17) is 10.5 Å². The molecule has 0 aromatic heterocycles. The van der Waals surface area contributed by atoms with Gasteiger partial charge in [0, 0.05) is 30.9 Å². The van der Waals surface area contributed by atoms with Gasteiger partial charge in [0.05, 0.1) is 6.61 Å². The molecule has 2 unspecified atom stereocenters. The van der Waals surface area contributed by atoms with Gasteiger partial charge >= 0.3 is 0 Å². The van der Waals surface area contributed by atoms with E-state index in [9.17, 15) is 0 Å².